The Balaban J connectivity index is 1.10. The van der Waals surface area contributed by atoms with Gasteiger partial charge in [0.2, 0.25) is 0 Å². The molecule has 2 saturated heterocycles. The third-order valence-electron chi connectivity index (χ3n) is 6.74. The molecule has 5 rings (SSSR count). The first-order valence-electron chi connectivity index (χ1n) is 11.9. The molecule has 34 heavy (non-hydrogen) atoms. The van der Waals surface area contributed by atoms with Crippen LogP contribution in [-0.4, -0.2) is 71.8 Å². The number of piperazine rings is 1. The lowest BCUT2D eigenvalue weighted by Crippen LogP contribution is -2.64. The lowest BCUT2D eigenvalue weighted by atomic mass is 10.0. The Bertz CT molecular complexity index is 1120. The van der Waals surface area contributed by atoms with Crippen molar-refractivity contribution < 1.29 is 9.59 Å². The number of carbonyl (C=O) groups excluding carboxylic acids is 2. The van der Waals surface area contributed by atoms with Gasteiger partial charge in [0.15, 0.2) is 0 Å². The highest BCUT2D eigenvalue weighted by atomic mass is 16.2. The van der Waals surface area contributed by atoms with E-state index in [0.29, 0.717) is 6.04 Å². The van der Waals surface area contributed by atoms with Gasteiger partial charge in [-0.2, -0.15) is 0 Å². The summed E-state index contributed by atoms with van der Waals surface area (Å²) in [4.78, 5) is 31.9. The Hall–Kier alpha value is -3.64. The van der Waals surface area contributed by atoms with Crippen LogP contribution in [0.2, 0.25) is 0 Å². The van der Waals surface area contributed by atoms with E-state index in [1.165, 1.54) is 5.56 Å². The van der Waals surface area contributed by atoms with Crippen molar-refractivity contribution >= 4 is 17.5 Å². The lowest BCUT2D eigenvalue weighted by Gasteiger charge is -2.48. The van der Waals surface area contributed by atoms with Crippen LogP contribution in [0.1, 0.15) is 26.3 Å². The summed E-state index contributed by atoms with van der Waals surface area (Å²) in [5, 5.41) is 3.41. The SMILES string of the molecule is O=C(c1ccccc1)N1CCN(C2CN(C(=O)c3cccc(NCc4ccccc4)c3)C2)CC1. The lowest BCUT2D eigenvalue weighted by molar-refractivity contribution is 0.00854. The second-order valence-corrected chi connectivity index (χ2v) is 8.98. The van der Waals surface area contributed by atoms with Gasteiger partial charge >= 0.3 is 0 Å². The van der Waals surface area contributed by atoms with Gasteiger partial charge in [-0.1, -0.05) is 54.6 Å². The minimum Gasteiger partial charge on any atom is -0.381 e. The zero-order valence-corrected chi connectivity index (χ0v) is 19.3. The topological polar surface area (TPSA) is 55.9 Å². The van der Waals surface area contributed by atoms with Crippen LogP contribution in [0.25, 0.3) is 0 Å². The minimum absolute atomic E-state index is 0.0810. The summed E-state index contributed by atoms with van der Waals surface area (Å²) >= 11 is 0. The normalized spacial score (nSPS) is 16.7. The van der Waals surface area contributed by atoms with Crippen molar-refractivity contribution in [2.45, 2.75) is 12.6 Å². The van der Waals surface area contributed by atoms with E-state index in [-0.39, 0.29) is 11.8 Å². The second kappa shape index (κ2) is 10.1. The fourth-order valence-electron chi connectivity index (χ4n) is 4.65. The Morgan fingerprint density at radius 1 is 0.706 bits per heavy atom. The summed E-state index contributed by atoms with van der Waals surface area (Å²) < 4.78 is 0. The van der Waals surface area contributed by atoms with Crippen LogP contribution in [-0.2, 0) is 6.54 Å². The molecule has 1 N–H and O–H groups in total. The number of nitrogens with one attached hydrogen (secondary N) is 1. The minimum atomic E-state index is 0.0810. The molecular weight excluding hydrogens is 424 g/mol. The van der Waals surface area contributed by atoms with Crippen molar-refractivity contribution in [3.8, 4) is 0 Å². The number of amides is 2. The first kappa shape index (κ1) is 22.2. The molecule has 0 aromatic heterocycles. The van der Waals surface area contributed by atoms with E-state index >= 15 is 0 Å². The summed E-state index contributed by atoms with van der Waals surface area (Å²) in [6, 6.07) is 27.8. The molecule has 2 heterocycles. The molecule has 0 aliphatic carbocycles. The zero-order valence-electron chi connectivity index (χ0n) is 19.3. The van der Waals surface area contributed by atoms with Crippen LogP contribution in [0.3, 0.4) is 0 Å². The number of carbonyl (C=O) groups is 2. The Labute approximate surface area is 200 Å². The van der Waals surface area contributed by atoms with E-state index in [1.807, 2.05) is 82.6 Å². The van der Waals surface area contributed by atoms with Gasteiger partial charge in [-0.3, -0.25) is 14.5 Å². The number of anilines is 1. The number of hydrogen-bond acceptors (Lipinski definition) is 4. The van der Waals surface area contributed by atoms with Crippen LogP contribution in [0.15, 0.2) is 84.9 Å². The molecule has 6 heteroatoms. The quantitative estimate of drug-likeness (QED) is 0.619. The van der Waals surface area contributed by atoms with Gasteiger partial charge in [-0.25, -0.2) is 0 Å². The van der Waals surface area contributed by atoms with Crippen molar-refractivity contribution in [2.24, 2.45) is 0 Å². The summed E-state index contributed by atoms with van der Waals surface area (Å²) in [5.41, 5.74) is 3.62. The van der Waals surface area contributed by atoms with Crippen molar-refractivity contribution in [2.75, 3.05) is 44.6 Å². The molecule has 2 aliphatic heterocycles. The maximum atomic E-state index is 13.0. The Morgan fingerprint density at radius 2 is 1.32 bits per heavy atom. The summed E-state index contributed by atoms with van der Waals surface area (Å²) in [6.45, 7) is 5.37. The summed E-state index contributed by atoms with van der Waals surface area (Å²) in [7, 11) is 0. The van der Waals surface area contributed by atoms with Crippen molar-refractivity contribution in [1.82, 2.24) is 14.7 Å². The summed E-state index contributed by atoms with van der Waals surface area (Å²) in [5.74, 6) is 0.184. The van der Waals surface area contributed by atoms with Crippen LogP contribution < -0.4 is 5.32 Å². The van der Waals surface area contributed by atoms with Gasteiger partial charge in [-0.15, -0.1) is 0 Å². The molecule has 2 aliphatic rings. The highest BCUT2D eigenvalue weighted by Crippen LogP contribution is 2.22. The van der Waals surface area contributed by atoms with Gasteiger partial charge in [0.25, 0.3) is 11.8 Å². The average molecular weight is 455 g/mol. The zero-order chi connectivity index (χ0) is 23.3. The number of hydrogen-bond donors (Lipinski definition) is 1. The van der Waals surface area contributed by atoms with E-state index in [9.17, 15) is 9.59 Å². The molecule has 3 aromatic carbocycles. The third-order valence-corrected chi connectivity index (χ3v) is 6.74. The average Bonchev–Trinajstić information content (AvgIpc) is 2.88. The van der Waals surface area contributed by atoms with Crippen LogP contribution in [0, 0.1) is 0 Å². The van der Waals surface area contributed by atoms with E-state index in [2.05, 4.69) is 22.3 Å². The standard InChI is InChI=1S/C28H30N4O2/c33-27(23-10-5-2-6-11-23)31-16-14-30(15-17-31)26-20-32(21-26)28(34)24-12-7-13-25(18-24)29-19-22-8-3-1-4-9-22/h1-13,18,26,29H,14-17,19-21H2. The number of rotatable bonds is 6. The maximum absolute atomic E-state index is 13.0. The second-order valence-electron chi connectivity index (χ2n) is 8.98. The summed E-state index contributed by atoms with van der Waals surface area (Å²) in [6.07, 6.45) is 0. The molecule has 0 radical (unpaired) electrons. The van der Waals surface area contributed by atoms with Gasteiger partial charge in [0.05, 0.1) is 0 Å². The molecule has 0 bridgehead atoms. The monoisotopic (exact) mass is 454 g/mol. The van der Waals surface area contributed by atoms with Gasteiger partial charge < -0.3 is 15.1 Å². The number of likely N-dealkylation sites (tertiary alicyclic amines) is 1. The van der Waals surface area contributed by atoms with E-state index in [4.69, 9.17) is 0 Å². The first-order chi connectivity index (χ1) is 16.7. The predicted molar refractivity (Wildman–Crippen MR) is 134 cm³/mol. The van der Waals surface area contributed by atoms with Crippen LogP contribution >= 0.6 is 0 Å². The molecule has 0 unspecified atom stereocenters. The Kier molecular flexibility index (Phi) is 6.58. The van der Waals surface area contributed by atoms with Crippen molar-refractivity contribution in [3.05, 3.63) is 102 Å². The highest BCUT2D eigenvalue weighted by molar-refractivity contribution is 5.96. The van der Waals surface area contributed by atoms with E-state index < -0.39 is 0 Å². The van der Waals surface area contributed by atoms with Gasteiger partial charge in [-0.05, 0) is 35.9 Å². The predicted octanol–water partition coefficient (Wildman–Crippen LogP) is 3.58. The fourth-order valence-corrected chi connectivity index (χ4v) is 4.65. The molecule has 0 atom stereocenters. The maximum Gasteiger partial charge on any atom is 0.254 e. The molecule has 3 aromatic rings. The molecular formula is C28H30N4O2. The Morgan fingerprint density at radius 3 is 2.03 bits per heavy atom. The molecule has 0 spiro atoms. The largest absolute Gasteiger partial charge is 0.381 e. The molecule has 2 amide bonds. The van der Waals surface area contributed by atoms with Gasteiger partial charge in [0, 0.05) is 68.7 Å². The van der Waals surface area contributed by atoms with Crippen molar-refractivity contribution in [3.63, 3.8) is 0 Å². The van der Waals surface area contributed by atoms with Crippen LogP contribution in [0.4, 0.5) is 5.69 Å². The molecule has 0 saturated carbocycles. The highest BCUT2D eigenvalue weighted by Gasteiger charge is 2.37. The smallest absolute Gasteiger partial charge is 0.254 e. The van der Waals surface area contributed by atoms with Gasteiger partial charge in [0.1, 0.15) is 0 Å². The van der Waals surface area contributed by atoms with E-state index in [1.54, 1.807) is 0 Å². The number of benzene rings is 3. The van der Waals surface area contributed by atoms with Crippen LogP contribution in [0.5, 0.6) is 0 Å². The number of nitrogens with zero attached hydrogens (tertiary/aromatic N) is 3. The molecule has 2 fully saturated rings. The first-order valence-corrected chi connectivity index (χ1v) is 11.9. The fraction of sp³-hybridized carbons (Fsp3) is 0.286. The molecule has 174 valence electrons. The van der Waals surface area contributed by atoms with Crippen molar-refractivity contribution in [1.29, 1.82) is 0 Å². The third kappa shape index (κ3) is 4.97. The molecule has 6 nitrogen and oxygen atoms in total. The van der Waals surface area contributed by atoms with E-state index in [0.717, 1.165) is 62.6 Å².